The molecule has 29 heavy (non-hydrogen) atoms. The summed E-state index contributed by atoms with van der Waals surface area (Å²) < 4.78 is 10.6. The van der Waals surface area contributed by atoms with Crippen molar-refractivity contribution in [1.82, 2.24) is 5.32 Å². The molecule has 0 fully saturated rings. The summed E-state index contributed by atoms with van der Waals surface area (Å²) in [6.45, 7) is 2.04. The van der Waals surface area contributed by atoms with E-state index in [4.69, 9.17) is 9.47 Å². The Kier molecular flexibility index (Phi) is 6.84. The van der Waals surface area contributed by atoms with Crippen LogP contribution >= 0.6 is 0 Å². The summed E-state index contributed by atoms with van der Waals surface area (Å²) >= 11 is 0. The monoisotopic (exact) mass is 396 g/mol. The standard InChI is InChI=1S/C22H24N2O5/c1-16(17-7-3-2-4-8-17)13-23-20(25)15-29-22(27)14-24-18-9-5-6-10-19(18)28-12-11-21(24)26/h2-10,16H,11-15H2,1H3,(H,23,25)/t16-/m0/s1. The Balaban J connectivity index is 1.48. The lowest BCUT2D eigenvalue weighted by molar-refractivity contribution is -0.147. The highest BCUT2D eigenvalue weighted by atomic mass is 16.5. The number of ether oxygens (including phenoxy) is 2. The number of anilines is 1. The highest BCUT2D eigenvalue weighted by Gasteiger charge is 2.25. The van der Waals surface area contributed by atoms with Crippen molar-refractivity contribution < 1.29 is 23.9 Å². The van der Waals surface area contributed by atoms with Gasteiger partial charge in [0.2, 0.25) is 5.91 Å². The van der Waals surface area contributed by atoms with Crippen LogP contribution in [0.4, 0.5) is 5.69 Å². The third kappa shape index (κ3) is 5.57. The van der Waals surface area contributed by atoms with E-state index in [9.17, 15) is 14.4 Å². The zero-order chi connectivity index (χ0) is 20.6. The van der Waals surface area contributed by atoms with Crippen LogP contribution in [0.1, 0.15) is 24.8 Å². The molecule has 0 bridgehead atoms. The van der Waals surface area contributed by atoms with Crippen LogP contribution in [0.25, 0.3) is 0 Å². The normalized spacial score (nSPS) is 14.2. The Bertz CT molecular complexity index is 869. The summed E-state index contributed by atoms with van der Waals surface area (Å²) in [5, 5.41) is 2.76. The van der Waals surface area contributed by atoms with Gasteiger partial charge in [0.1, 0.15) is 12.3 Å². The van der Waals surface area contributed by atoms with E-state index < -0.39 is 5.97 Å². The Morgan fingerprint density at radius 2 is 1.86 bits per heavy atom. The second-order valence-corrected chi connectivity index (χ2v) is 6.82. The quantitative estimate of drug-likeness (QED) is 0.726. The third-order valence-corrected chi connectivity index (χ3v) is 4.66. The average molecular weight is 396 g/mol. The topological polar surface area (TPSA) is 84.9 Å². The first-order valence-corrected chi connectivity index (χ1v) is 9.54. The summed E-state index contributed by atoms with van der Waals surface area (Å²) in [5.41, 5.74) is 1.64. The molecule has 7 heteroatoms. The molecule has 2 amide bonds. The van der Waals surface area contributed by atoms with Gasteiger partial charge in [-0.15, -0.1) is 0 Å². The zero-order valence-corrected chi connectivity index (χ0v) is 16.3. The molecule has 3 rings (SSSR count). The first-order chi connectivity index (χ1) is 14.0. The lowest BCUT2D eigenvalue weighted by atomic mass is 10.0. The molecule has 0 aromatic heterocycles. The smallest absolute Gasteiger partial charge is 0.326 e. The molecule has 1 atom stereocenters. The van der Waals surface area contributed by atoms with Gasteiger partial charge < -0.3 is 14.8 Å². The molecule has 0 spiro atoms. The van der Waals surface area contributed by atoms with Gasteiger partial charge in [0, 0.05) is 6.54 Å². The number of benzene rings is 2. The first-order valence-electron chi connectivity index (χ1n) is 9.54. The molecular formula is C22H24N2O5. The molecule has 152 valence electrons. The molecule has 2 aromatic carbocycles. The molecule has 1 aliphatic heterocycles. The van der Waals surface area contributed by atoms with Gasteiger partial charge in [-0.3, -0.25) is 19.3 Å². The number of hydrogen-bond donors (Lipinski definition) is 1. The minimum absolute atomic E-state index is 0.141. The summed E-state index contributed by atoms with van der Waals surface area (Å²) in [4.78, 5) is 37.9. The Morgan fingerprint density at radius 1 is 1.14 bits per heavy atom. The van der Waals surface area contributed by atoms with Crippen molar-refractivity contribution in [3.63, 3.8) is 0 Å². The number of hydrogen-bond acceptors (Lipinski definition) is 5. The van der Waals surface area contributed by atoms with Crippen LogP contribution < -0.4 is 15.0 Å². The highest BCUT2D eigenvalue weighted by Crippen LogP contribution is 2.30. The lowest BCUT2D eigenvalue weighted by Gasteiger charge is -2.20. The van der Waals surface area contributed by atoms with E-state index in [1.807, 2.05) is 37.3 Å². The second-order valence-electron chi connectivity index (χ2n) is 6.82. The van der Waals surface area contributed by atoms with Crippen LogP contribution in [0.15, 0.2) is 54.6 Å². The number of nitrogens with one attached hydrogen (secondary N) is 1. The van der Waals surface area contributed by atoms with Crippen LogP contribution in [0.3, 0.4) is 0 Å². The molecule has 0 saturated heterocycles. The van der Waals surface area contributed by atoms with Gasteiger partial charge in [0.25, 0.3) is 5.91 Å². The van der Waals surface area contributed by atoms with E-state index in [2.05, 4.69) is 5.32 Å². The van der Waals surface area contributed by atoms with E-state index >= 15 is 0 Å². The van der Waals surface area contributed by atoms with Crippen molar-refractivity contribution in [2.24, 2.45) is 0 Å². The van der Waals surface area contributed by atoms with Gasteiger partial charge in [-0.25, -0.2) is 0 Å². The molecule has 0 radical (unpaired) electrons. The summed E-state index contributed by atoms with van der Waals surface area (Å²) in [6, 6.07) is 16.8. The van der Waals surface area contributed by atoms with E-state index in [0.29, 0.717) is 18.0 Å². The zero-order valence-electron chi connectivity index (χ0n) is 16.3. The summed E-state index contributed by atoms with van der Waals surface area (Å²) in [7, 11) is 0. The van der Waals surface area contributed by atoms with Crippen LogP contribution in [0.2, 0.25) is 0 Å². The van der Waals surface area contributed by atoms with Gasteiger partial charge in [0.05, 0.1) is 18.7 Å². The van der Waals surface area contributed by atoms with Gasteiger partial charge in [-0.2, -0.15) is 0 Å². The SMILES string of the molecule is C[C@@H](CNC(=O)COC(=O)CN1C(=O)CCOc2ccccc21)c1ccccc1. The van der Waals surface area contributed by atoms with Crippen molar-refractivity contribution in [2.45, 2.75) is 19.3 Å². The molecule has 1 heterocycles. The number of carbonyl (C=O) groups is 3. The summed E-state index contributed by atoms with van der Waals surface area (Å²) in [5.74, 6) is -0.581. The van der Waals surface area contributed by atoms with Crippen LogP contribution in [-0.2, 0) is 19.1 Å². The van der Waals surface area contributed by atoms with Crippen molar-refractivity contribution in [1.29, 1.82) is 0 Å². The minimum Gasteiger partial charge on any atom is -0.491 e. The predicted octanol–water partition coefficient (Wildman–Crippen LogP) is 2.27. The molecule has 1 aliphatic rings. The van der Waals surface area contributed by atoms with E-state index in [0.717, 1.165) is 5.56 Å². The van der Waals surface area contributed by atoms with E-state index in [-0.39, 0.29) is 43.9 Å². The molecule has 0 aliphatic carbocycles. The lowest BCUT2D eigenvalue weighted by Crippen LogP contribution is -2.38. The van der Waals surface area contributed by atoms with E-state index in [1.165, 1.54) is 4.90 Å². The molecule has 0 unspecified atom stereocenters. The fourth-order valence-corrected chi connectivity index (χ4v) is 3.03. The van der Waals surface area contributed by atoms with Crippen LogP contribution in [0.5, 0.6) is 5.75 Å². The Hall–Kier alpha value is -3.35. The molecule has 7 nitrogen and oxygen atoms in total. The highest BCUT2D eigenvalue weighted by molar-refractivity contribution is 5.99. The van der Waals surface area contributed by atoms with Crippen LogP contribution in [0, 0.1) is 0 Å². The Morgan fingerprint density at radius 3 is 2.66 bits per heavy atom. The fraction of sp³-hybridized carbons (Fsp3) is 0.318. The molecule has 1 N–H and O–H groups in total. The molecule has 2 aromatic rings. The number of amides is 2. The maximum Gasteiger partial charge on any atom is 0.326 e. The van der Waals surface area contributed by atoms with E-state index in [1.54, 1.807) is 24.3 Å². The number of rotatable bonds is 7. The summed E-state index contributed by atoms with van der Waals surface area (Å²) in [6.07, 6.45) is 0.166. The van der Waals surface area contributed by atoms with Gasteiger partial charge in [-0.05, 0) is 23.6 Å². The van der Waals surface area contributed by atoms with Gasteiger partial charge in [-0.1, -0.05) is 49.4 Å². The van der Waals surface area contributed by atoms with Gasteiger partial charge >= 0.3 is 5.97 Å². The number of fused-ring (bicyclic) bond motifs is 1. The Labute approximate surface area is 169 Å². The molecule has 0 saturated carbocycles. The van der Waals surface area contributed by atoms with Crippen LogP contribution in [-0.4, -0.2) is 44.1 Å². The van der Waals surface area contributed by atoms with Crippen molar-refractivity contribution >= 4 is 23.5 Å². The van der Waals surface area contributed by atoms with Crippen molar-refractivity contribution in [3.05, 3.63) is 60.2 Å². The van der Waals surface area contributed by atoms with Crippen molar-refractivity contribution in [3.8, 4) is 5.75 Å². The maximum absolute atomic E-state index is 12.3. The third-order valence-electron chi connectivity index (χ3n) is 4.66. The predicted molar refractivity (Wildman–Crippen MR) is 108 cm³/mol. The second kappa shape index (κ2) is 9.73. The average Bonchev–Trinajstić information content (AvgIpc) is 2.90. The number of carbonyl (C=O) groups excluding carboxylic acids is 3. The minimum atomic E-state index is -0.652. The number of para-hydroxylation sites is 2. The maximum atomic E-state index is 12.3. The number of nitrogens with zero attached hydrogens (tertiary/aromatic N) is 1. The largest absolute Gasteiger partial charge is 0.491 e. The van der Waals surface area contributed by atoms with Gasteiger partial charge in [0.15, 0.2) is 6.61 Å². The fourth-order valence-electron chi connectivity index (χ4n) is 3.03. The number of esters is 1. The van der Waals surface area contributed by atoms with Crippen molar-refractivity contribution in [2.75, 3.05) is 31.2 Å². The first kappa shape index (κ1) is 20.4. The molecular weight excluding hydrogens is 372 g/mol.